The van der Waals surface area contributed by atoms with Crippen LogP contribution in [0.1, 0.15) is 13.3 Å². The van der Waals surface area contributed by atoms with Gasteiger partial charge in [-0.3, -0.25) is 4.79 Å². The van der Waals surface area contributed by atoms with Gasteiger partial charge in [0, 0.05) is 7.11 Å². The topological polar surface area (TPSA) is 93.0 Å². The maximum Gasteiger partial charge on any atom is 0.276 e. The molecule has 84 valence electrons. The number of nitrogen functional groups attached to an aromatic ring is 1. The number of nitrogens with one attached hydrogen (secondary N) is 2. The molecular formula is C9H16N4O2. The molecule has 6 heteroatoms. The van der Waals surface area contributed by atoms with Gasteiger partial charge in [-0.2, -0.15) is 0 Å². The van der Waals surface area contributed by atoms with Gasteiger partial charge in [-0.25, -0.2) is 4.98 Å². The SMILES string of the molecule is CCC(COC)Nc1nc[nH]c(=O)c1N. The second kappa shape index (κ2) is 5.35. The van der Waals surface area contributed by atoms with Crippen LogP contribution < -0.4 is 16.6 Å². The van der Waals surface area contributed by atoms with Crippen LogP contribution in [0, 0.1) is 0 Å². The first kappa shape index (κ1) is 11.5. The van der Waals surface area contributed by atoms with Gasteiger partial charge >= 0.3 is 0 Å². The van der Waals surface area contributed by atoms with E-state index in [0.717, 1.165) is 6.42 Å². The minimum Gasteiger partial charge on any atom is -0.391 e. The first-order valence-corrected chi connectivity index (χ1v) is 4.77. The van der Waals surface area contributed by atoms with Crippen molar-refractivity contribution in [2.45, 2.75) is 19.4 Å². The van der Waals surface area contributed by atoms with Gasteiger partial charge in [0.15, 0.2) is 5.82 Å². The lowest BCUT2D eigenvalue weighted by atomic mass is 10.2. The first-order chi connectivity index (χ1) is 7.19. The fourth-order valence-electron chi connectivity index (χ4n) is 1.18. The van der Waals surface area contributed by atoms with Crippen molar-refractivity contribution >= 4 is 11.5 Å². The molecule has 0 aromatic carbocycles. The molecule has 0 aliphatic heterocycles. The summed E-state index contributed by atoms with van der Waals surface area (Å²) < 4.78 is 5.02. The molecule has 0 saturated heterocycles. The number of rotatable bonds is 5. The molecule has 1 rings (SSSR count). The van der Waals surface area contributed by atoms with Gasteiger partial charge in [0.25, 0.3) is 5.56 Å². The average Bonchev–Trinajstić information content (AvgIpc) is 2.24. The summed E-state index contributed by atoms with van der Waals surface area (Å²) in [7, 11) is 1.62. The van der Waals surface area contributed by atoms with Crippen molar-refractivity contribution in [1.82, 2.24) is 9.97 Å². The molecule has 1 unspecified atom stereocenters. The zero-order valence-electron chi connectivity index (χ0n) is 8.91. The van der Waals surface area contributed by atoms with Gasteiger partial charge in [-0.05, 0) is 6.42 Å². The van der Waals surface area contributed by atoms with Crippen molar-refractivity contribution in [3.8, 4) is 0 Å². The number of aromatic amines is 1. The Labute approximate surface area is 87.9 Å². The summed E-state index contributed by atoms with van der Waals surface area (Å²) in [5.41, 5.74) is 5.34. The number of methoxy groups -OCH3 is 1. The molecule has 0 amide bonds. The lowest BCUT2D eigenvalue weighted by molar-refractivity contribution is 0.184. The molecule has 1 heterocycles. The minimum atomic E-state index is -0.334. The monoisotopic (exact) mass is 212 g/mol. The molecular weight excluding hydrogens is 196 g/mol. The fourth-order valence-corrected chi connectivity index (χ4v) is 1.18. The molecule has 0 spiro atoms. The summed E-state index contributed by atoms with van der Waals surface area (Å²) in [5.74, 6) is 0.405. The number of hydrogen-bond acceptors (Lipinski definition) is 5. The molecule has 15 heavy (non-hydrogen) atoms. The smallest absolute Gasteiger partial charge is 0.276 e. The Morgan fingerprint density at radius 2 is 2.47 bits per heavy atom. The fraction of sp³-hybridized carbons (Fsp3) is 0.556. The summed E-state index contributed by atoms with van der Waals surface area (Å²) in [6.07, 6.45) is 2.18. The Morgan fingerprint density at radius 3 is 3.07 bits per heavy atom. The Morgan fingerprint density at radius 1 is 1.73 bits per heavy atom. The van der Waals surface area contributed by atoms with Crippen LogP contribution in [0.4, 0.5) is 11.5 Å². The summed E-state index contributed by atoms with van der Waals surface area (Å²) in [6.45, 7) is 2.56. The van der Waals surface area contributed by atoms with Crippen molar-refractivity contribution in [2.75, 3.05) is 24.8 Å². The van der Waals surface area contributed by atoms with Gasteiger partial charge in [-0.1, -0.05) is 6.92 Å². The molecule has 1 aromatic rings. The second-order valence-electron chi connectivity index (χ2n) is 3.20. The predicted octanol–water partition coefficient (Wildman–Crippen LogP) is 0.189. The van der Waals surface area contributed by atoms with E-state index in [1.54, 1.807) is 7.11 Å². The van der Waals surface area contributed by atoms with E-state index in [0.29, 0.717) is 12.4 Å². The molecule has 0 bridgehead atoms. The maximum atomic E-state index is 11.2. The zero-order chi connectivity index (χ0) is 11.3. The van der Waals surface area contributed by atoms with Crippen LogP contribution >= 0.6 is 0 Å². The summed E-state index contributed by atoms with van der Waals surface area (Å²) in [5, 5.41) is 3.06. The number of hydrogen-bond donors (Lipinski definition) is 3. The molecule has 6 nitrogen and oxygen atoms in total. The van der Waals surface area contributed by atoms with E-state index < -0.39 is 0 Å². The van der Waals surface area contributed by atoms with E-state index in [1.165, 1.54) is 6.33 Å². The highest BCUT2D eigenvalue weighted by atomic mass is 16.5. The number of nitrogens with two attached hydrogens (primary N) is 1. The van der Waals surface area contributed by atoms with Crippen molar-refractivity contribution in [3.63, 3.8) is 0 Å². The number of aromatic nitrogens is 2. The Hall–Kier alpha value is -1.56. The zero-order valence-corrected chi connectivity index (χ0v) is 8.91. The van der Waals surface area contributed by atoms with E-state index in [9.17, 15) is 4.79 Å². The highest BCUT2D eigenvalue weighted by Gasteiger charge is 2.10. The third kappa shape index (κ3) is 2.95. The van der Waals surface area contributed by atoms with Crippen LogP contribution in [0.2, 0.25) is 0 Å². The normalized spacial score (nSPS) is 12.4. The van der Waals surface area contributed by atoms with Crippen LogP contribution in [0.3, 0.4) is 0 Å². The van der Waals surface area contributed by atoms with Crippen LogP contribution in [0.5, 0.6) is 0 Å². The number of ether oxygens (including phenoxy) is 1. The van der Waals surface area contributed by atoms with E-state index in [1.807, 2.05) is 6.92 Å². The van der Waals surface area contributed by atoms with Crippen molar-refractivity contribution in [3.05, 3.63) is 16.7 Å². The quantitative estimate of drug-likeness (QED) is 0.647. The number of anilines is 2. The van der Waals surface area contributed by atoms with Gasteiger partial charge < -0.3 is 20.8 Å². The van der Waals surface area contributed by atoms with Crippen LogP contribution in [0.25, 0.3) is 0 Å². The van der Waals surface area contributed by atoms with E-state index >= 15 is 0 Å². The van der Waals surface area contributed by atoms with Crippen LogP contribution in [0.15, 0.2) is 11.1 Å². The van der Waals surface area contributed by atoms with Gasteiger partial charge in [0.1, 0.15) is 5.69 Å². The van der Waals surface area contributed by atoms with Crippen molar-refractivity contribution in [2.24, 2.45) is 0 Å². The first-order valence-electron chi connectivity index (χ1n) is 4.77. The lowest BCUT2D eigenvalue weighted by Crippen LogP contribution is -2.27. The summed E-state index contributed by atoms with van der Waals surface area (Å²) >= 11 is 0. The molecule has 0 radical (unpaired) electrons. The molecule has 0 fully saturated rings. The molecule has 1 atom stereocenters. The maximum absolute atomic E-state index is 11.2. The van der Waals surface area contributed by atoms with Crippen molar-refractivity contribution in [1.29, 1.82) is 0 Å². The predicted molar refractivity (Wildman–Crippen MR) is 58.8 cm³/mol. The molecule has 0 saturated carbocycles. The standard InChI is InChI=1S/C9H16N4O2/c1-3-6(4-15-2)13-8-7(10)9(14)12-5-11-8/h5-6H,3-4,10H2,1-2H3,(H2,11,12,13,14). The van der Waals surface area contributed by atoms with Crippen LogP contribution in [-0.4, -0.2) is 29.7 Å². The lowest BCUT2D eigenvalue weighted by Gasteiger charge is -2.16. The van der Waals surface area contributed by atoms with E-state index in [2.05, 4.69) is 15.3 Å². The van der Waals surface area contributed by atoms with Gasteiger partial charge in [-0.15, -0.1) is 0 Å². The van der Waals surface area contributed by atoms with Crippen LogP contribution in [-0.2, 0) is 4.74 Å². The summed E-state index contributed by atoms with van der Waals surface area (Å²) in [4.78, 5) is 17.5. The second-order valence-corrected chi connectivity index (χ2v) is 3.20. The Balaban J connectivity index is 2.79. The number of H-pyrrole nitrogens is 1. The van der Waals surface area contributed by atoms with Crippen molar-refractivity contribution < 1.29 is 4.74 Å². The number of nitrogens with zero attached hydrogens (tertiary/aromatic N) is 1. The third-order valence-corrected chi connectivity index (χ3v) is 2.09. The molecule has 0 aliphatic carbocycles. The van der Waals surface area contributed by atoms with Gasteiger partial charge in [0.2, 0.25) is 0 Å². The largest absolute Gasteiger partial charge is 0.391 e. The van der Waals surface area contributed by atoms with Gasteiger partial charge in [0.05, 0.1) is 19.0 Å². The molecule has 1 aromatic heterocycles. The Bertz CT molecular complexity index is 363. The van der Waals surface area contributed by atoms with E-state index in [4.69, 9.17) is 10.5 Å². The molecule has 4 N–H and O–H groups in total. The highest BCUT2D eigenvalue weighted by molar-refractivity contribution is 5.59. The third-order valence-electron chi connectivity index (χ3n) is 2.09. The summed E-state index contributed by atoms with van der Waals surface area (Å²) in [6, 6.07) is 0.103. The van der Waals surface area contributed by atoms with E-state index in [-0.39, 0.29) is 17.3 Å². The average molecular weight is 212 g/mol. The Kier molecular flexibility index (Phi) is 4.11. The minimum absolute atomic E-state index is 0.103. The molecule has 0 aliphatic rings. The highest BCUT2D eigenvalue weighted by Crippen LogP contribution is 2.10.